The third kappa shape index (κ3) is 1.61. The number of benzene rings is 1. The number of carbonyl (C=O) groups excluding carboxylic acids is 1. The molecule has 0 bridgehead atoms. The number of hydrogen-bond acceptors (Lipinski definition) is 2. The lowest BCUT2D eigenvalue weighted by atomic mass is 10.2. The predicted octanol–water partition coefficient (Wildman–Crippen LogP) is 2.02. The summed E-state index contributed by atoms with van der Waals surface area (Å²) in [5.74, 6) is -0.794. The van der Waals surface area contributed by atoms with Gasteiger partial charge in [-0.3, -0.25) is 4.79 Å². The van der Waals surface area contributed by atoms with Crippen LogP contribution in [0.3, 0.4) is 0 Å². The zero-order valence-corrected chi connectivity index (χ0v) is 9.02. The van der Waals surface area contributed by atoms with E-state index in [1.165, 1.54) is 6.07 Å². The average molecular weight is 295 g/mol. The molecule has 0 unspecified atom stereocenters. The molecule has 3 N–H and O–H groups in total. The molecule has 0 radical (unpaired) electrons. The lowest BCUT2D eigenvalue weighted by molar-refractivity contribution is 0.0997. The molecule has 0 heterocycles. The van der Waals surface area contributed by atoms with Crippen molar-refractivity contribution >= 4 is 37.8 Å². The first-order chi connectivity index (χ1) is 5.54. The fraction of sp³-hybridized carbons (Fsp3) is 0. The van der Waals surface area contributed by atoms with Gasteiger partial charge in [-0.2, -0.15) is 0 Å². The number of nitrogens with two attached hydrogens (primary N) is 1. The van der Waals surface area contributed by atoms with Crippen molar-refractivity contribution in [1.29, 1.82) is 0 Å². The highest BCUT2D eigenvalue weighted by atomic mass is 79.9. The summed E-state index contributed by atoms with van der Waals surface area (Å²) in [7, 11) is 0. The van der Waals surface area contributed by atoms with Gasteiger partial charge < -0.3 is 10.8 Å². The van der Waals surface area contributed by atoms with Crippen LogP contribution in [0.4, 0.5) is 0 Å². The van der Waals surface area contributed by atoms with Crippen LogP contribution in [-0.4, -0.2) is 11.0 Å². The van der Waals surface area contributed by atoms with E-state index in [-0.39, 0.29) is 11.3 Å². The fourth-order valence-electron chi connectivity index (χ4n) is 0.739. The Hall–Kier alpha value is -0.550. The Labute approximate surface area is 85.8 Å². The summed E-state index contributed by atoms with van der Waals surface area (Å²) < 4.78 is 1.10. The van der Waals surface area contributed by atoms with Crippen molar-refractivity contribution in [3.05, 3.63) is 26.6 Å². The molecule has 3 nitrogen and oxygen atoms in total. The molecule has 5 heteroatoms. The van der Waals surface area contributed by atoms with Crippen LogP contribution in [0.1, 0.15) is 10.4 Å². The second-order valence-electron chi connectivity index (χ2n) is 2.12. The molecule has 1 aromatic carbocycles. The van der Waals surface area contributed by atoms with E-state index in [0.29, 0.717) is 8.95 Å². The van der Waals surface area contributed by atoms with Crippen molar-refractivity contribution in [2.75, 3.05) is 0 Å². The molecular weight excluding hydrogens is 290 g/mol. The van der Waals surface area contributed by atoms with Gasteiger partial charge in [0.2, 0.25) is 0 Å². The van der Waals surface area contributed by atoms with Crippen molar-refractivity contribution in [1.82, 2.24) is 0 Å². The minimum absolute atomic E-state index is 0.102. The van der Waals surface area contributed by atoms with Crippen LogP contribution in [-0.2, 0) is 0 Å². The summed E-state index contributed by atoms with van der Waals surface area (Å²) in [5, 5.41) is 9.37. The first-order valence-corrected chi connectivity index (χ1v) is 4.59. The third-order valence-corrected chi connectivity index (χ3v) is 3.33. The molecule has 1 rings (SSSR count). The Morgan fingerprint density at radius 2 is 2.00 bits per heavy atom. The predicted molar refractivity (Wildman–Crippen MR) is 52.0 cm³/mol. The monoisotopic (exact) mass is 293 g/mol. The number of halogens is 2. The topological polar surface area (TPSA) is 63.3 Å². The zero-order chi connectivity index (χ0) is 9.30. The molecule has 1 aromatic rings. The van der Waals surface area contributed by atoms with Gasteiger partial charge in [0, 0.05) is 4.47 Å². The van der Waals surface area contributed by atoms with Crippen molar-refractivity contribution in [3.8, 4) is 5.75 Å². The highest BCUT2D eigenvalue weighted by Gasteiger charge is 2.12. The van der Waals surface area contributed by atoms with Crippen LogP contribution >= 0.6 is 31.9 Å². The number of aromatic hydroxyl groups is 1. The number of rotatable bonds is 1. The van der Waals surface area contributed by atoms with Crippen molar-refractivity contribution in [3.63, 3.8) is 0 Å². The second kappa shape index (κ2) is 3.45. The van der Waals surface area contributed by atoms with Crippen molar-refractivity contribution in [2.45, 2.75) is 0 Å². The molecule has 1 amide bonds. The lowest BCUT2D eigenvalue weighted by Crippen LogP contribution is -2.11. The van der Waals surface area contributed by atoms with Gasteiger partial charge in [0.15, 0.2) is 0 Å². The Kier molecular flexibility index (Phi) is 2.74. The van der Waals surface area contributed by atoms with Gasteiger partial charge in [-0.15, -0.1) is 0 Å². The molecule has 64 valence electrons. The van der Waals surface area contributed by atoms with Crippen LogP contribution < -0.4 is 5.73 Å². The Morgan fingerprint density at radius 1 is 1.42 bits per heavy atom. The summed E-state index contributed by atoms with van der Waals surface area (Å²) in [5.41, 5.74) is 5.10. The minimum Gasteiger partial charge on any atom is -0.506 e. The van der Waals surface area contributed by atoms with Gasteiger partial charge in [-0.25, -0.2) is 0 Å². The largest absolute Gasteiger partial charge is 0.506 e. The Balaban J connectivity index is 3.36. The van der Waals surface area contributed by atoms with Crippen LogP contribution in [0.5, 0.6) is 5.75 Å². The Bertz CT molecular complexity index is 338. The van der Waals surface area contributed by atoms with Gasteiger partial charge in [-0.1, -0.05) is 0 Å². The normalized spacial score (nSPS) is 9.83. The summed E-state index contributed by atoms with van der Waals surface area (Å²) >= 11 is 6.26. The second-order valence-corrected chi connectivity index (χ2v) is 3.77. The third-order valence-electron chi connectivity index (χ3n) is 1.33. The lowest BCUT2D eigenvalue weighted by Gasteiger charge is -2.03. The van der Waals surface area contributed by atoms with Crippen LogP contribution in [0.25, 0.3) is 0 Å². The molecule has 0 fully saturated rings. The zero-order valence-electron chi connectivity index (χ0n) is 5.84. The van der Waals surface area contributed by atoms with E-state index in [4.69, 9.17) is 5.73 Å². The van der Waals surface area contributed by atoms with E-state index in [2.05, 4.69) is 31.9 Å². The first kappa shape index (κ1) is 9.54. The number of amides is 1. The molecular formula is C7H5Br2NO2. The van der Waals surface area contributed by atoms with E-state index in [9.17, 15) is 9.90 Å². The van der Waals surface area contributed by atoms with Crippen LogP contribution in [0, 0.1) is 0 Å². The average Bonchev–Trinajstić information content (AvgIpc) is 2.00. The fourth-order valence-corrected chi connectivity index (χ4v) is 1.40. The molecule has 0 aromatic heterocycles. The van der Waals surface area contributed by atoms with Gasteiger partial charge >= 0.3 is 0 Å². The standard InChI is InChI=1S/C7H5Br2NO2/c8-4-2-1-3(7(10)12)6(11)5(4)9/h1-2,11H,(H2,10,12). The van der Waals surface area contributed by atoms with E-state index < -0.39 is 5.91 Å². The van der Waals surface area contributed by atoms with E-state index in [0.717, 1.165) is 0 Å². The Morgan fingerprint density at radius 3 is 2.50 bits per heavy atom. The first-order valence-electron chi connectivity index (χ1n) is 3.01. The molecule has 0 spiro atoms. The van der Waals surface area contributed by atoms with Crippen molar-refractivity contribution < 1.29 is 9.90 Å². The number of primary amides is 1. The maximum Gasteiger partial charge on any atom is 0.252 e. The summed E-state index contributed by atoms with van der Waals surface area (Å²) in [4.78, 5) is 10.7. The highest BCUT2D eigenvalue weighted by Crippen LogP contribution is 2.34. The molecule has 0 aliphatic rings. The summed E-state index contributed by atoms with van der Waals surface area (Å²) in [6.45, 7) is 0. The van der Waals surface area contributed by atoms with Crippen LogP contribution in [0.15, 0.2) is 21.1 Å². The number of carbonyl (C=O) groups is 1. The van der Waals surface area contributed by atoms with E-state index in [1.54, 1.807) is 6.07 Å². The van der Waals surface area contributed by atoms with Gasteiger partial charge in [0.05, 0.1) is 10.0 Å². The summed E-state index contributed by atoms with van der Waals surface area (Å²) in [6.07, 6.45) is 0. The van der Waals surface area contributed by atoms with Gasteiger partial charge in [0.25, 0.3) is 5.91 Å². The minimum atomic E-state index is -0.652. The highest BCUT2D eigenvalue weighted by molar-refractivity contribution is 9.13. The van der Waals surface area contributed by atoms with E-state index >= 15 is 0 Å². The molecule has 0 saturated carbocycles. The molecule has 0 atom stereocenters. The molecule has 12 heavy (non-hydrogen) atoms. The van der Waals surface area contributed by atoms with Crippen LogP contribution in [0.2, 0.25) is 0 Å². The summed E-state index contributed by atoms with van der Waals surface area (Å²) in [6, 6.07) is 3.08. The smallest absolute Gasteiger partial charge is 0.252 e. The molecule has 0 saturated heterocycles. The molecule has 0 aliphatic carbocycles. The van der Waals surface area contributed by atoms with Gasteiger partial charge in [-0.05, 0) is 44.0 Å². The number of hydrogen-bond donors (Lipinski definition) is 2. The maximum atomic E-state index is 10.7. The van der Waals surface area contributed by atoms with Gasteiger partial charge in [0.1, 0.15) is 5.75 Å². The SMILES string of the molecule is NC(=O)c1ccc(Br)c(Br)c1O. The molecule has 0 aliphatic heterocycles. The van der Waals surface area contributed by atoms with E-state index in [1.807, 2.05) is 0 Å². The quantitative estimate of drug-likeness (QED) is 0.832. The maximum absolute atomic E-state index is 10.7. The number of phenols is 1. The van der Waals surface area contributed by atoms with Crippen molar-refractivity contribution in [2.24, 2.45) is 5.73 Å².